The Kier molecular flexibility index (Phi) is 5.40. The Balaban J connectivity index is 1.60. The van der Waals surface area contributed by atoms with Crippen molar-refractivity contribution in [2.24, 2.45) is 5.92 Å². The number of nitrogens with zero attached hydrogens (tertiary/aromatic N) is 2. The number of carbonyl (C=O) groups excluding carboxylic acids is 1. The van der Waals surface area contributed by atoms with E-state index in [9.17, 15) is 9.59 Å². The highest BCUT2D eigenvalue weighted by molar-refractivity contribution is 7.99. The van der Waals surface area contributed by atoms with Crippen LogP contribution in [0.25, 0.3) is 0 Å². The van der Waals surface area contributed by atoms with Crippen LogP contribution in [0, 0.1) is 5.92 Å². The van der Waals surface area contributed by atoms with Crippen LogP contribution < -0.4 is 11.0 Å². The molecule has 0 aliphatic heterocycles. The van der Waals surface area contributed by atoms with Crippen molar-refractivity contribution in [3.63, 3.8) is 0 Å². The molecule has 1 saturated carbocycles. The number of hydrogen-bond acceptors (Lipinski definition) is 4. The molecule has 2 N–H and O–H groups in total. The molecule has 1 fully saturated rings. The van der Waals surface area contributed by atoms with Crippen molar-refractivity contribution in [3.8, 4) is 0 Å². The van der Waals surface area contributed by atoms with Crippen molar-refractivity contribution in [1.29, 1.82) is 0 Å². The predicted molar refractivity (Wildman–Crippen MR) is 93.9 cm³/mol. The van der Waals surface area contributed by atoms with Crippen LogP contribution in [-0.2, 0) is 11.3 Å². The smallest absolute Gasteiger partial charge is 0.343 e. The number of benzene rings is 1. The number of H-pyrrole nitrogens is 1. The van der Waals surface area contributed by atoms with Gasteiger partial charge in [-0.25, -0.2) is 9.89 Å². The van der Waals surface area contributed by atoms with E-state index < -0.39 is 0 Å². The lowest BCUT2D eigenvalue weighted by molar-refractivity contribution is -0.119. The average molecular weight is 346 g/mol. The molecule has 2 aromatic rings. The summed E-state index contributed by atoms with van der Waals surface area (Å²) < 4.78 is 1.58. The summed E-state index contributed by atoms with van der Waals surface area (Å²) in [6.07, 6.45) is 3.15. The first-order valence-electron chi connectivity index (χ1n) is 8.31. The minimum Gasteiger partial charge on any atom is -0.348 e. The van der Waals surface area contributed by atoms with E-state index in [0.717, 1.165) is 24.8 Å². The van der Waals surface area contributed by atoms with Crippen molar-refractivity contribution < 1.29 is 4.79 Å². The second-order valence-electron chi connectivity index (χ2n) is 6.04. The van der Waals surface area contributed by atoms with Crippen molar-refractivity contribution in [2.75, 3.05) is 5.75 Å². The highest BCUT2D eigenvalue weighted by atomic mass is 32.2. The van der Waals surface area contributed by atoms with E-state index in [0.29, 0.717) is 17.6 Å². The van der Waals surface area contributed by atoms with Crippen LogP contribution in [0.4, 0.5) is 0 Å². The van der Waals surface area contributed by atoms with Gasteiger partial charge in [0.2, 0.25) is 5.91 Å². The third-order valence-electron chi connectivity index (χ3n) is 4.07. The van der Waals surface area contributed by atoms with Gasteiger partial charge in [-0.3, -0.25) is 9.36 Å². The van der Waals surface area contributed by atoms with Crippen molar-refractivity contribution in [3.05, 3.63) is 46.4 Å². The molecule has 0 saturated heterocycles. The van der Waals surface area contributed by atoms with Gasteiger partial charge < -0.3 is 5.32 Å². The molecule has 1 heterocycles. The Morgan fingerprint density at radius 2 is 2.17 bits per heavy atom. The predicted octanol–water partition coefficient (Wildman–Crippen LogP) is 2.34. The number of aromatic nitrogens is 3. The molecule has 7 heteroatoms. The second-order valence-corrected chi connectivity index (χ2v) is 6.99. The first-order chi connectivity index (χ1) is 11.7. The minimum atomic E-state index is -0.222. The number of nitrogens with one attached hydrogen (secondary N) is 2. The van der Waals surface area contributed by atoms with Gasteiger partial charge in [0.05, 0.1) is 11.8 Å². The van der Waals surface area contributed by atoms with Crippen LogP contribution in [0.2, 0.25) is 0 Å². The first kappa shape index (κ1) is 16.8. The van der Waals surface area contributed by atoms with Crippen molar-refractivity contribution in [2.45, 2.75) is 43.9 Å². The summed E-state index contributed by atoms with van der Waals surface area (Å²) in [6.45, 7) is 2.61. The Bertz CT molecular complexity index is 737. The van der Waals surface area contributed by atoms with Gasteiger partial charge in [0.25, 0.3) is 0 Å². The molecule has 3 rings (SSSR count). The van der Waals surface area contributed by atoms with Gasteiger partial charge in [-0.2, -0.15) is 0 Å². The zero-order valence-electron chi connectivity index (χ0n) is 13.7. The van der Waals surface area contributed by atoms with Gasteiger partial charge in [-0.15, -0.1) is 5.10 Å². The van der Waals surface area contributed by atoms with Crippen LogP contribution in [0.3, 0.4) is 0 Å². The fraction of sp³-hybridized carbons (Fsp3) is 0.471. The molecule has 0 spiro atoms. The molecule has 1 amide bonds. The Hall–Kier alpha value is -2.02. The SMILES string of the molecule is CCCn1c(SCC(=O)NC(c2ccccc2)C2CC2)n[nH]c1=O. The van der Waals surface area contributed by atoms with E-state index in [1.54, 1.807) is 4.57 Å². The molecular formula is C17H22N4O2S. The fourth-order valence-corrected chi connectivity index (χ4v) is 3.53. The zero-order valence-corrected chi connectivity index (χ0v) is 14.5. The van der Waals surface area contributed by atoms with Gasteiger partial charge in [0.15, 0.2) is 5.16 Å². The molecule has 6 nitrogen and oxygen atoms in total. The number of thioether (sulfide) groups is 1. The monoisotopic (exact) mass is 346 g/mol. The Morgan fingerprint density at radius 3 is 2.83 bits per heavy atom. The summed E-state index contributed by atoms with van der Waals surface area (Å²) in [5, 5.41) is 10.2. The number of amides is 1. The van der Waals surface area contributed by atoms with Gasteiger partial charge in [0, 0.05) is 6.54 Å². The van der Waals surface area contributed by atoms with E-state index in [1.807, 2.05) is 25.1 Å². The largest absolute Gasteiger partial charge is 0.348 e. The topological polar surface area (TPSA) is 79.8 Å². The lowest BCUT2D eigenvalue weighted by atomic mass is 10.0. The lowest BCUT2D eigenvalue weighted by Gasteiger charge is -2.18. The summed E-state index contributed by atoms with van der Waals surface area (Å²) in [6, 6.07) is 10.2. The molecule has 1 unspecified atom stereocenters. The summed E-state index contributed by atoms with van der Waals surface area (Å²) >= 11 is 1.29. The van der Waals surface area contributed by atoms with Crippen molar-refractivity contribution in [1.82, 2.24) is 20.1 Å². The summed E-state index contributed by atoms with van der Waals surface area (Å²) in [5.41, 5.74) is 0.931. The zero-order chi connectivity index (χ0) is 16.9. The normalized spacial score (nSPS) is 15.2. The van der Waals surface area contributed by atoms with Crippen LogP contribution in [0.15, 0.2) is 40.3 Å². The second kappa shape index (κ2) is 7.70. The molecule has 1 aromatic carbocycles. The maximum absolute atomic E-state index is 12.4. The van der Waals surface area contributed by atoms with E-state index in [4.69, 9.17) is 0 Å². The summed E-state index contributed by atoms with van der Waals surface area (Å²) in [5.74, 6) is 0.758. The first-order valence-corrected chi connectivity index (χ1v) is 9.30. The standard InChI is InChI=1S/C17H22N4O2S/c1-2-10-21-16(23)19-20-17(21)24-11-14(22)18-15(13-8-9-13)12-6-4-3-5-7-12/h3-7,13,15H,2,8-11H2,1H3,(H,18,22)(H,19,23). The van der Waals surface area contributed by atoms with E-state index in [-0.39, 0.29) is 23.4 Å². The number of carbonyl (C=O) groups is 1. The Labute approximate surface area is 145 Å². The van der Waals surface area contributed by atoms with Crippen LogP contribution in [0.1, 0.15) is 37.8 Å². The van der Waals surface area contributed by atoms with Crippen LogP contribution in [-0.4, -0.2) is 26.4 Å². The molecule has 1 aliphatic rings. The number of hydrogen-bond donors (Lipinski definition) is 2. The molecule has 128 valence electrons. The highest BCUT2D eigenvalue weighted by Gasteiger charge is 2.33. The highest BCUT2D eigenvalue weighted by Crippen LogP contribution is 2.40. The van der Waals surface area contributed by atoms with Crippen LogP contribution >= 0.6 is 11.8 Å². The third-order valence-corrected chi connectivity index (χ3v) is 5.05. The molecule has 1 aliphatic carbocycles. The Morgan fingerprint density at radius 1 is 1.42 bits per heavy atom. The van der Waals surface area contributed by atoms with Gasteiger partial charge in [-0.05, 0) is 30.7 Å². The van der Waals surface area contributed by atoms with Gasteiger partial charge >= 0.3 is 5.69 Å². The van der Waals surface area contributed by atoms with Gasteiger partial charge in [0.1, 0.15) is 0 Å². The molecule has 1 atom stereocenters. The molecule has 0 bridgehead atoms. The fourth-order valence-electron chi connectivity index (χ4n) is 2.74. The molecule has 0 radical (unpaired) electrons. The lowest BCUT2D eigenvalue weighted by Crippen LogP contribution is -2.31. The minimum absolute atomic E-state index is 0.0285. The van der Waals surface area contributed by atoms with Gasteiger partial charge in [-0.1, -0.05) is 49.0 Å². The average Bonchev–Trinajstić information content (AvgIpc) is 3.38. The summed E-state index contributed by atoms with van der Waals surface area (Å²) in [7, 11) is 0. The number of aromatic amines is 1. The van der Waals surface area contributed by atoms with E-state index in [1.165, 1.54) is 11.8 Å². The quantitative estimate of drug-likeness (QED) is 0.719. The molecular weight excluding hydrogens is 324 g/mol. The van der Waals surface area contributed by atoms with Crippen LogP contribution in [0.5, 0.6) is 0 Å². The van der Waals surface area contributed by atoms with Crippen molar-refractivity contribution >= 4 is 17.7 Å². The molecule has 1 aromatic heterocycles. The molecule has 24 heavy (non-hydrogen) atoms. The third kappa shape index (κ3) is 4.08. The maximum atomic E-state index is 12.4. The maximum Gasteiger partial charge on any atom is 0.343 e. The summed E-state index contributed by atoms with van der Waals surface area (Å²) in [4.78, 5) is 24.0. The number of rotatable bonds is 8. The van der Waals surface area contributed by atoms with E-state index in [2.05, 4.69) is 27.6 Å². The van der Waals surface area contributed by atoms with E-state index >= 15 is 0 Å².